The van der Waals surface area contributed by atoms with Crippen LogP contribution in [-0.4, -0.2) is 46.4 Å². The van der Waals surface area contributed by atoms with E-state index in [1.807, 2.05) is 24.3 Å². The number of likely N-dealkylation sites (tertiary alicyclic amines) is 1. The summed E-state index contributed by atoms with van der Waals surface area (Å²) in [7, 11) is 1.68. The number of benzene rings is 1. The number of nitrogen functional groups attached to an aromatic ring is 1. The molecular weight excluding hydrogens is 426 g/mol. The minimum Gasteiger partial charge on any atom is -0.383 e. The van der Waals surface area contributed by atoms with Gasteiger partial charge in [-0.05, 0) is 60.9 Å². The molecular formula is C23H25N5O3S. The molecule has 1 aliphatic heterocycles. The highest BCUT2D eigenvalue weighted by Gasteiger charge is 2.36. The van der Waals surface area contributed by atoms with E-state index in [0.29, 0.717) is 36.8 Å². The quantitative estimate of drug-likeness (QED) is 0.588. The van der Waals surface area contributed by atoms with Gasteiger partial charge in [0.1, 0.15) is 5.82 Å². The highest BCUT2D eigenvalue weighted by Crippen LogP contribution is 2.43. The van der Waals surface area contributed by atoms with Crippen molar-refractivity contribution in [1.82, 2.24) is 14.9 Å². The van der Waals surface area contributed by atoms with Crippen LogP contribution in [0.15, 0.2) is 36.0 Å². The van der Waals surface area contributed by atoms with Crippen molar-refractivity contribution in [2.75, 3.05) is 24.7 Å². The largest absolute Gasteiger partial charge is 0.383 e. The van der Waals surface area contributed by atoms with Crippen LogP contribution in [0.3, 0.4) is 0 Å². The van der Waals surface area contributed by atoms with Crippen molar-refractivity contribution in [1.29, 1.82) is 0 Å². The molecule has 0 unspecified atom stereocenters. The van der Waals surface area contributed by atoms with Crippen LogP contribution in [0.25, 0.3) is 10.2 Å². The molecule has 8 nitrogen and oxygen atoms in total. The Hall–Kier alpha value is -3.04. The number of amides is 2. The number of aromatic nitrogens is 2. The Morgan fingerprint density at radius 2 is 2.06 bits per heavy atom. The predicted molar refractivity (Wildman–Crippen MR) is 123 cm³/mol. The number of pyridine rings is 1. The number of thiazole rings is 1. The fourth-order valence-electron chi connectivity index (χ4n) is 4.39. The van der Waals surface area contributed by atoms with Crippen LogP contribution in [0.5, 0.6) is 0 Å². The van der Waals surface area contributed by atoms with E-state index in [1.54, 1.807) is 28.9 Å². The molecule has 0 bridgehead atoms. The summed E-state index contributed by atoms with van der Waals surface area (Å²) in [5.74, 6) is -0.356. The summed E-state index contributed by atoms with van der Waals surface area (Å²) in [6.45, 7) is 0.442. The number of fused-ring (bicyclic) bond motifs is 1. The van der Waals surface area contributed by atoms with Crippen molar-refractivity contribution < 1.29 is 14.3 Å². The van der Waals surface area contributed by atoms with Gasteiger partial charge in [0.2, 0.25) is 0 Å². The molecule has 0 spiro atoms. The number of carbonyl (C=O) groups is 2. The molecule has 166 valence electrons. The third kappa shape index (κ3) is 4.05. The number of ether oxygens (including phenoxy) is 1. The number of hydrogen-bond donors (Lipinski definition) is 2. The maximum Gasteiger partial charge on any atom is 0.313 e. The number of methoxy groups -OCH3 is 1. The molecule has 5 rings (SSSR count). The van der Waals surface area contributed by atoms with Gasteiger partial charge in [0, 0.05) is 13.7 Å². The number of rotatable bonds is 4. The van der Waals surface area contributed by atoms with Gasteiger partial charge in [0.15, 0.2) is 0 Å². The standard InChI is InChI=1S/C23H25N5O3S/c1-31-16-6-7-28(19(10-16)14-4-5-20-18(8-14)26-12-32-20)23(30)22(29)27-15-9-17(13-2-3-13)21(24)25-11-15/h4-5,8-9,11-13,16,19H,2-3,6-7,10H2,1H3,(H2,24,25)(H,27,29)/t16-,19-/m0/s1. The number of carbonyl (C=O) groups excluding carboxylic acids is 2. The van der Waals surface area contributed by atoms with E-state index >= 15 is 0 Å². The highest BCUT2D eigenvalue weighted by molar-refractivity contribution is 7.16. The zero-order chi connectivity index (χ0) is 22.2. The molecule has 2 atom stereocenters. The van der Waals surface area contributed by atoms with Gasteiger partial charge in [-0.15, -0.1) is 11.3 Å². The topological polar surface area (TPSA) is 110 Å². The van der Waals surface area contributed by atoms with Gasteiger partial charge in [0.25, 0.3) is 0 Å². The summed E-state index contributed by atoms with van der Waals surface area (Å²) in [5, 5.41) is 2.72. The monoisotopic (exact) mass is 451 g/mol. The lowest BCUT2D eigenvalue weighted by atomic mass is 9.93. The van der Waals surface area contributed by atoms with Crippen LogP contribution in [-0.2, 0) is 14.3 Å². The second-order valence-corrected chi connectivity index (χ2v) is 9.29. The minimum absolute atomic E-state index is 0.0284. The first kappa shape index (κ1) is 20.8. The van der Waals surface area contributed by atoms with Crippen LogP contribution >= 0.6 is 11.3 Å². The summed E-state index contributed by atoms with van der Waals surface area (Å²) in [6, 6.07) is 7.59. The molecule has 3 N–H and O–H groups in total. The van der Waals surface area contributed by atoms with E-state index in [-0.39, 0.29) is 12.1 Å². The Kier molecular flexibility index (Phi) is 5.52. The van der Waals surface area contributed by atoms with E-state index < -0.39 is 11.8 Å². The summed E-state index contributed by atoms with van der Waals surface area (Å²) in [4.78, 5) is 36.3. The number of nitrogens with one attached hydrogen (secondary N) is 1. The van der Waals surface area contributed by atoms with Gasteiger partial charge in [-0.25, -0.2) is 9.97 Å². The first-order chi connectivity index (χ1) is 15.5. The Morgan fingerprint density at radius 1 is 1.22 bits per heavy atom. The van der Waals surface area contributed by atoms with Crippen LogP contribution in [0.2, 0.25) is 0 Å². The normalized spacial score (nSPS) is 21.0. The van der Waals surface area contributed by atoms with E-state index in [2.05, 4.69) is 15.3 Å². The van der Waals surface area contributed by atoms with E-state index in [0.717, 1.165) is 34.2 Å². The summed E-state index contributed by atoms with van der Waals surface area (Å²) in [5.41, 5.74) is 11.0. The average Bonchev–Trinajstić information content (AvgIpc) is 3.55. The highest BCUT2D eigenvalue weighted by atomic mass is 32.1. The van der Waals surface area contributed by atoms with Crippen molar-refractivity contribution in [2.24, 2.45) is 0 Å². The Labute approximate surface area is 189 Å². The van der Waals surface area contributed by atoms with Crippen LogP contribution in [0.1, 0.15) is 48.8 Å². The number of nitrogens with two attached hydrogens (primary N) is 1. The summed E-state index contributed by atoms with van der Waals surface area (Å²) in [6.07, 6.45) is 4.97. The molecule has 0 radical (unpaired) electrons. The second-order valence-electron chi connectivity index (χ2n) is 8.40. The SMILES string of the molecule is CO[C@H]1CCN(C(=O)C(=O)Nc2cnc(N)c(C3CC3)c2)[C@H](c2ccc3scnc3c2)C1. The zero-order valence-electron chi connectivity index (χ0n) is 17.8. The molecule has 32 heavy (non-hydrogen) atoms. The third-order valence-electron chi connectivity index (χ3n) is 6.31. The first-order valence-corrected chi connectivity index (χ1v) is 11.6. The van der Waals surface area contributed by atoms with Crippen molar-refractivity contribution in [3.05, 3.63) is 47.1 Å². The fourth-order valence-corrected chi connectivity index (χ4v) is 5.04. The molecule has 2 fully saturated rings. The van der Waals surface area contributed by atoms with Crippen molar-refractivity contribution >= 4 is 44.9 Å². The molecule has 3 heterocycles. The second kappa shape index (κ2) is 8.48. The van der Waals surface area contributed by atoms with Gasteiger partial charge in [0.05, 0.1) is 39.8 Å². The number of nitrogens with zero attached hydrogens (tertiary/aromatic N) is 3. The Balaban J connectivity index is 1.37. The zero-order valence-corrected chi connectivity index (χ0v) is 18.6. The van der Waals surface area contributed by atoms with Gasteiger partial charge >= 0.3 is 11.8 Å². The molecule has 2 aromatic heterocycles. The summed E-state index contributed by atoms with van der Waals surface area (Å²) < 4.78 is 6.67. The lowest BCUT2D eigenvalue weighted by Gasteiger charge is -2.38. The first-order valence-electron chi connectivity index (χ1n) is 10.8. The third-order valence-corrected chi connectivity index (χ3v) is 7.12. The van der Waals surface area contributed by atoms with E-state index in [9.17, 15) is 9.59 Å². The molecule has 1 saturated heterocycles. The van der Waals surface area contributed by atoms with Crippen molar-refractivity contribution in [2.45, 2.75) is 43.7 Å². The van der Waals surface area contributed by atoms with E-state index in [1.165, 1.54) is 6.20 Å². The van der Waals surface area contributed by atoms with Crippen molar-refractivity contribution in [3.63, 3.8) is 0 Å². The Morgan fingerprint density at radius 3 is 2.84 bits per heavy atom. The molecule has 3 aromatic rings. The van der Waals surface area contributed by atoms with E-state index in [4.69, 9.17) is 10.5 Å². The number of piperidine rings is 1. The smallest absolute Gasteiger partial charge is 0.313 e. The number of hydrogen-bond acceptors (Lipinski definition) is 7. The fraction of sp³-hybridized carbons (Fsp3) is 0.391. The maximum atomic E-state index is 13.2. The Bertz CT molecular complexity index is 1180. The van der Waals surface area contributed by atoms with Gasteiger partial charge in [-0.1, -0.05) is 6.07 Å². The van der Waals surface area contributed by atoms with Crippen molar-refractivity contribution in [3.8, 4) is 0 Å². The summed E-state index contributed by atoms with van der Waals surface area (Å²) >= 11 is 1.57. The van der Waals surface area contributed by atoms with Crippen LogP contribution in [0, 0.1) is 0 Å². The molecule has 2 aliphatic rings. The lowest BCUT2D eigenvalue weighted by molar-refractivity contribution is -0.147. The minimum atomic E-state index is -0.672. The van der Waals surface area contributed by atoms with Crippen LogP contribution in [0.4, 0.5) is 11.5 Å². The predicted octanol–water partition coefficient (Wildman–Crippen LogP) is 3.47. The van der Waals surface area contributed by atoms with Crippen LogP contribution < -0.4 is 11.1 Å². The van der Waals surface area contributed by atoms with Gasteiger partial charge in [-0.2, -0.15) is 0 Å². The van der Waals surface area contributed by atoms with Gasteiger partial charge < -0.3 is 20.7 Å². The average molecular weight is 452 g/mol. The molecule has 9 heteroatoms. The molecule has 1 aromatic carbocycles. The molecule has 2 amide bonds. The lowest BCUT2D eigenvalue weighted by Crippen LogP contribution is -2.47. The molecule has 1 aliphatic carbocycles. The number of anilines is 2. The van der Waals surface area contributed by atoms with Gasteiger partial charge in [-0.3, -0.25) is 9.59 Å². The molecule has 1 saturated carbocycles. The maximum absolute atomic E-state index is 13.2.